The zero-order chi connectivity index (χ0) is 13.7. The van der Waals surface area contributed by atoms with Crippen molar-refractivity contribution in [2.75, 3.05) is 33.7 Å². The highest BCUT2D eigenvalue weighted by Gasteiger charge is 2.25. The van der Waals surface area contributed by atoms with E-state index in [9.17, 15) is 4.79 Å². The van der Waals surface area contributed by atoms with E-state index in [0.29, 0.717) is 0 Å². The second kappa shape index (κ2) is 10.0. The first-order chi connectivity index (χ1) is 9.16. The number of halogens is 2. The van der Waals surface area contributed by atoms with E-state index in [4.69, 9.17) is 0 Å². The summed E-state index contributed by atoms with van der Waals surface area (Å²) in [6.45, 7) is 2.56. The molecule has 0 saturated carbocycles. The average molecular weight is 334 g/mol. The van der Waals surface area contributed by atoms with Gasteiger partial charge < -0.3 is 15.5 Å². The van der Waals surface area contributed by atoms with Crippen LogP contribution in [0.15, 0.2) is 30.3 Å². The fourth-order valence-corrected chi connectivity index (χ4v) is 2.45. The average Bonchev–Trinajstić information content (AvgIpc) is 2.92. The summed E-state index contributed by atoms with van der Waals surface area (Å²) in [6, 6.07) is 10.2. The number of benzene rings is 1. The SMILES string of the molecule is CN(C)CC(NC(=O)C1CCNC1)c1ccccc1.Cl.Cl. The van der Waals surface area contributed by atoms with E-state index in [2.05, 4.69) is 27.7 Å². The molecular weight excluding hydrogens is 309 g/mol. The highest BCUT2D eigenvalue weighted by Crippen LogP contribution is 2.16. The molecule has 1 heterocycles. The van der Waals surface area contributed by atoms with Crippen LogP contribution in [0.2, 0.25) is 0 Å². The Balaban J connectivity index is 0.00000200. The molecule has 1 saturated heterocycles. The van der Waals surface area contributed by atoms with E-state index in [0.717, 1.165) is 31.6 Å². The smallest absolute Gasteiger partial charge is 0.224 e. The molecule has 1 aromatic carbocycles. The summed E-state index contributed by atoms with van der Waals surface area (Å²) < 4.78 is 0. The van der Waals surface area contributed by atoms with Gasteiger partial charge in [0.2, 0.25) is 5.91 Å². The van der Waals surface area contributed by atoms with E-state index in [1.165, 1.54) is 0 Å². The van der Waals surface area contributed by atoms with Crippen LogP contribution in [0.1, 0.15) is 18.0 Å². The van der Waals surface area contributed by atoms with Crippen molar-refractivity contribution in [2.24, 2.45) is 5.92 Å². The third-order valence-electron chi connectivity index (χ3n) is 3.50. The zero-order valence-corrected chi connectivity index (χ0v) is 14.2. The second-order valence-corrected chi connectivity index (χ2v) is 5.42. The predicted molar refractivity (Wildman–Crippen MR) is 91.4 cm³/mol. The third-order valence-corrected chi connectivity index (χ3v) is 3.50. The molecule has 1 aliphatic heterocycles. The number of nitrogens with one attached hydrogen (secondary N) is 2. The molecule has 4 nitrogen and oxygen atoms in total. The Morgan fingerprint density at radius 1 is 1.33 bits per heavy atom. The lowest BCUT2D eigenvalue weighted by atomic mass is 10.0. The van der Waals surface area contributed by atoms with Gasteiger partial charge in [-0.3, -0.25) is 4.79 Å². The first-order valence-electron chi connectivity index (χ1n) is 6.87. The third kappa shape index (κ3) is 6.22. The minimum absolute atomic E-state index is 0. The summed E-state index contributed by atoms with van der Waals surface area (Å²) in [5, 5.41) is 6.42. The molecule has 1 aromatic rings. The van der Waals surface area contributed by atoms with Crippen LogP contribution < -0.4 is 10.6 Å². The van der Waals surface area contributed by atoms with E-state index in [-0.39, 0.29) is 42.7 Å². The number of amides is 1. The molecule has 0 bridgehead atoms. The van der Waals surface area contributed by atoms with Crippen molar-refractivity contribution in [1.29, 1.82) is 0 Å². The second-order valence-electron chi connectivity index (χ2n) is 5.42. The van der Waals surface area contributed by atoms with Crippen molar-refractivity contribution in [3.8, 4) is 0 Å². The molecule has 120 valence electrons. The Hall–Kier alpha value is -0.810. The monoisotopic (exact) mass is 333 g/mol. The summed E-state index contributed by atoms with van der Waals surface area (Å²) in [4.78, 5) is 14.3. The Morgan fingerprint density at radius 3 is 2.52 bits per heavy atom. The minimum atomic E-state index is 0. The maximum absolute atomic E-state index is 12.2. The first-order valence-corrected chi connectivity index (χ1v) is 6.87. The van der Waals surface area contributed by atoms with Gasteiger partial charge >= 0.3 is 0 Å². The minimum Gasteiger partial charge on any atom is -0.348 e. The van der Waals surface area contributed by atoms with Crippen molar-refractivity contribution < 1.29 is 4.79 Å². The van der Waals surface area contributed by atoms with Gasteiger partial charge in [-0.05, 0) is 32.6 Å². The van der Waals surface area contributed by atoms with Crippen molar-refractivity contribution in [3.63, 3.8) is 0 Å². The van der Waals surface area contributed by atoms with Gasteiger partial charge in [0.25, 0.3) is 0 Å². The molecule has 6 heteroatoms. The normalized spacial score (nSPS) is 18.5. The summed E-state index contributed by atoms with van der Waals surface area (Å²) in [6.07, 6.45) is 0.940. The number of hydrogen-bond donors (Lipinski definition) is 2. The lowest BCUT2D eigenvalue weighted by Gasteiger charge is -2.24. The van der Waals surface area contributed by atoms with Crippen molar-refractivity contribution in [2.45, 2.75) is 12.5 Å². The van der Waals surface area contributed by atoms with Crippen LogP contribution in [0.25, 0.3) is 0 Å². The van der Waals surface area contributed by atoms with Crippen LogP contribution in [-0.4, -0.2) is 44.5 Å². The van der Waals surface area contributed by atoms with Gasteiger partial charge in [0.15, 0.2) is 0 Å². The van der Waals surface area contributed by atoms with Crippen LogP contribution in [0.3, 0.4) is 0 Å². The van der Waals surface area contributed by atoms with Crippen LogP contribution in [0.4, 0.5) is 0 Å². The molecule has 2 N–H and O–H groups in total. The molecule has 2 atom stereocenters. The van der Waals surface area contributed by atoms with E-state index < -0.39 is 0 Å². The molecule has 0 spiro atoms. The maximum atomic E-state index is 12.2. The Morgan fingerprint density at radius 2 is 2.00 bits per heavy atom. The number of nitrogens with zero attached hydrogens (tertiary/aromatic N) is 1. The van der Waals surface area contributed by atoms with Gasteiger partial charge in [0.1, 0.15) is 0 Å². The van der Waals surface area contributed by atoms with Crippen molar-refractivity contribution in [3.05, 3.63) is 35.9 Å². The highest BCUT2D eigenvalue weighted by molar-refractivity contribution is 5.85. The fourth-order valence-electron chi connectivity index (χ4n) is 2.45. The Labute approximate surface area is 139 Å². The molecule has 1 fully saturated rings. The molecule has 1 amide bonds. The van der Waals surface area contributed by atoms with Crippen molar-refractivity contribution >= 4 is 30.7 Å². The Kier molecular flexibility index (Phi) is 9.62. The van der Waals surface area contributed by atoms with Crippen molar-refractivity contribution in [1.82, 2.24) is 15.5 Å². The van der Waals surface area contributed by atoms with Crippen LogP contribution >= 0.6 is 24.8 Å². The molecule has 21 heavy (non-hydrogen) atoms. The van der Waals surface area contributed by atoms with Gasteiger partial charge in [-0.15, -0.1) is 24.8 Å². The molecule has 0 aliphatic carbocycles. The lowest BCUT2D eigenvalue weighted by Crippen LogP contribution is -2.39. The largest absolute Gasteiger partial charge is 0.348 e. The summed E-state index contributed by atoms with van der Waals surface area (Å²) >= 11 is 0. The molecule has 1 aliphatic rings. The first kappa shape index (κ1) is 20.2. The topological polar surface area (TPSA) is 44.4 Å². The van der Waals surface area contributed by atoms with E-state index in [1.807, 2.05) is 32.3 Å². The number of carbonyl (C=O) groups is 1. The predicted octanol–water partition coefficient (Wildman–Crippen LogP) is 1.86. The molecule has 0 aromatic heterocycles. The zero-order valence-electron chi connectivity index (χ0n) is 12.5. The number of hydrogen-bond acceptors (Lipinski definition) is 3. The fraction of sp³-hybridized carbons (Fsp3) is 0.533. The summed E-state index contributed by atoms with van der Waals surface area (Å²) in [5.41, 5.74) is 1.16. The van der Waals surface area contributed by atoms with Crippen LogP contribution in [-0.2, 0) is 4.79 Å². The molecule has 2 unspecified atom stereocenters. The van der Waals surface area contributed by atoms with Gasteiger partial charge in [-0.25, -0.2) is 0 Å². The Bertz CT molecular complexity index is 409. The van der Waals surface area contributed by atoms with E-state index in [1.54, 1.807) is 0 Å². The highest BCUT2D eigenvalue weighted by atomic mass is 35.5. The quantitative estimate of drug-likeness (QED) is 0.864. The summed E-state index contributed by atoms with van der Waals surface area (Å²) in [5.74, 6) is 0.286. The number of rotatable bonds is 5. The molecule has 2 rings (SSSR count). The van der Waals surface area contributed by atoms with Crippen LogP contribution in [0, 0.1) is 5.92 Å². The van der Waals surface area contributed by atoms with Gasteiger partial charge in [-0.2, -0.15) is 0 Å². The van der Waals surface area contributed by atoms with E-state index >= 15 is 0 Å². The number of carbonyl (C=O) groups excluding carboxylic acids is 1. The molecule has 0 radical (unpaired) electrons. The van der Waals surface area contributed by atoms with Crippen LogP contribution in [0.5, 0.6) is 0 Å². The van der Waals surface area contributed by atoms with Gasteiger partial charge in [0.05, 0.1) is 12.0 Å². The standard InChI is InChI=1S/C15H23N3O.2ClH/c1-18(2)11-14(12-6-4-3-5-7-12)17-15(19)13-8-9-16-10-13;;/h3-7,13-14,16H,8-11H2,1-2H3,(H,17,19);2*1H. The molecular formula is C15H25Cl2N3O. The maximum Gasteiger partial charge on any atom is 0.224 e. The lowest BCUT2D eigenvalue weighted by molar-refractivity contribution is -0.125. The van der Waals surface area contributed by atoms with Gasteiger partial charge in [0, 0.05) is 13.1 Å². The summed E-state index contributed by atoms with van der Waals surface area (Å²) in [7, 11) is 4.05. The number of likely N-dealkylation sites (N-methyl/N-ethyl adjacent to an activating group) is 1. The van der Waals surface area contributed by atoms with Gasteiger partial charge in [-0.1, -0.05) is 30.3 Å².